The third kappa shape index (κ3) is 4.37. The SMILES string of the molecule is CCOC(=O)C(CC)Oc1cccc(CNC)c1. The van der Waals surface area contributed by atoms with E-state index in [9.17, 15) is 4.79 Å². The molecule has 4 nitrogen and oxygen atoms in total. The van der Waals surface area contributed by atoms with Crippen LogP contribution in [0.4, 0.5) is 0 Å². The molecule has 1 aromatic carbocycles. The van der Waals surface area contributed by atoms with Crippen molar-refractivity contribution >= 4 is 5.97 Å². The summed E-state index contributed by atoms with van der Waals surface area (Å²) in [7, 11) is 1.89. The molecule has 18 heavy (non-hydrogen) atoms. The van der Waals surface area contributed by atoms with Crippen LogP contribution < -0.4 is 10.1 Å². The number of hydrogen-bond acceptors (Lipinski definition) is 4. The van der Waals surface area contributed by atoms with Gasteiger partial charge in [0.1, 0.15) is 5.75 Å². The lowest BCUT2D eigenvalue weighted by Crippen LogP contribution is -2.28. The Morgan fingerprint density at radius 1 is 1.39 bits per heavy atom. The van der Waals surface area contributed by atoms with Crippen molar-refractivity contribution in [1.82, 2.24) is 5.32 Å². The predicted molar refractivity (Wildman–Crippen MR) is 70.5 cm³/mol. The molecule has 0 aromatic heterocycles. The van der Waals surface area contributed by atoms with E-state index in [0.717, 1.165) is 12.1 Å². The fourth-order valence-electron chi connectivity index (χ4n) is 1.63. The summed E-state index contributed by atoms with van der Waals surface area (Å²) in [6.07, 6.45) is 0.0597. The molecule has 1 rings (SSSR count). The van der Waals surface area contributed by atoms with Crippen LogP contribution in [0.25, 0.3) is 0 Å². The largest absolute Gasteiger partial charge is 0.479 e. The van der Waals surface area contributed by atoms with Crippen molar-refractivity contribution in [1.29, 1.82) is 0 Å². The normalized spacial score (nSPS) is 11.9. The minimum atomic E-state index is -0.533. The molecule has 0 aliphatic carbocycles. The van der Waals surface area contributed by atoms with E-state index in [1.54, 1.807) is 6.92 Å². The molecular weight excluding hydrogens is 230 g/mol. The summed E-state index contributed by atoms with van der Waals surface area (Å²) in [5.74, 6) is 0.390. The van der Waals surface area contributed by atoms with Gasteiger partial charge >= 0.3 is 5.97 Å². The van der Waals surface area contributed by atoms with Crippen LogP contribution in [-0.2, 0) is 16.1 Å². The second-order valence-electron chi connectivity index (χ2n) is 3.94. The lowest BCUT2D eigenvalue weighted by molar-refractivity contribution is -0.151. The van der Waals surface area contributed by atoms with Crippen molar-refractivity contribution in [3.8, 4) is 5.75 Å². The molecule has 0 radical (unpaired) electrons. The van der Waals surface area contributed by atoms with E-state index in [4.69, 9.17) is 9.47 Å². The van der Waals surface area contributed by atoms with E-state index >= 15 is 0 Å². The molecule has 1 aromatic rings. The molecular formula is C14H21NO3. The van der Waals surface area contributed by atoms with Gasteiger partial charge in [0.25, 0.3) is 0 Å². The average Bonchev–Trinajstić information content (AvgIpc) is 2.37. The number of rotatable bonds is 7. The highest BCUT2D eigenvalue weighted by Crippen LogP contribution is 2.16. The Bertz CT molecular complexity index is 379. The summed E-state index contributed by atoms with van der Waals surface area (Å²) in [4.78, 5) is 11.6. The molecule has 0 spiro atoms. The maximum atomic E-state index is 11.6. The van der Waals surface area contributed by atoms with Gasteiger partial charge in [-0.2, -0.15) is 0 Å². The van der Waals surface area contributed by atoms with Gasteiger partial charge in [0.15, 0.2) is 6.10 Å². The van der Waals surface area contributed by atoms with E-state index in [2.05, 4.69) is 5.32 Å². The van der Waals surface area contributed by atoms with Crippen molar-refractivity contribution in [3.05, 3.63) is 29.8 Å². The smallest absolute Gasteiger partial charge is 0.347 e. The van der Waals surface area contributed by atoms with Crippen LogP contribution in [0.5, 0.6) is 5.75 Å². The van der Waals surface area contributed by atoms with Crippen LogP contribution in [-0.4, -0.2) is 25.7 Å². The lowest BCUT2D eigenvalue weighted by Gasteiger charge is -2.16. The molecule has 100 valence electrons. The number of benzene rings is 1. The van der Waals surface area contributed by atoms with E-state index < -0.39 is 6.10 Å². The van der Waals surface area contributed by atoms with Crippen LogP contribution in [0.1, 0.15) is 25.8 Å². The van der Waals surface area contributed by atoms with Crippen molar-refractivity contribution in [2.24, 2.45) is 0 Å². The Morgan fingerprint density at radius 3 is 2.78 bits per heavy atom. The zero-order valence-electron chi connectivity index (χ0n) is 11.2. The zero-order valence-corrected chi connectivity index (χ0v) is 11.2. The van der Waals surface area contributed by atoms with Crippen LogP contribution in [0.2, 0.25) is 0 Å². The first-order valence-electron chi connectivity index (χ1n) is 6.28. The van der Waals surface area contributed by atoms with Gasteiger partial charge in [0.2, 0.25) is 0 Å². The van der Waals surface area contributed by atoms with E-state index in [-0.39, 0.29) is 5.97 Å². The molecule has 1 N–H and O–H groups in total. The number of esters is 1. The summed E-state index contributed by atoms with van der Waals surface area (Å²) in [6, 6.07) is 7.70. The van der Waals surface area contributed by atoms with Gasteiger partial charge in [-0.3, -0.25) is 0 Å². The van der Waals surface area contributed by atoms with Gasteiger partial charge < -0.3 is 14.8 Å². The third-order valence-electron chi connectivity index (χ3n) is 2.48. The molecule has 4 heteroatoms. The summed E-state index contributed by atoms with van der Waals surface area (Å²) >= 11 is 0. The molecule has 1 unspecified atom stereocenters. The molecule has 0 fully saturated rings. The van der Waals surface area contributed by atoms with Crippen molar-refractivity contribution in [3.63, 3.8) is 0 Å². The minimum Gasteiger partial charge on any atom is -0.479 e. The van der Waals surface area contributed by atoms with E-state index in [0.29, 0.717) is 18.8 Å². The van der Waals surface area contributed by atoms with Gasteiger partial charge in [0.05, 0.1) is 6.61 Å². The molecule has 0 amide bonds. The van der Waals surface area contributed by atoms with Crippen molar-refractivity contribution in [2.45, 2.75) is 32.9 Å². The van der Waals surface area contributed by atoms with Crippen molar-refractivity contribution in [2.75, 3.05) is 13.7 Å². The van der Waals surface area contributed by atoms with Gasteiger partial charge in [0, 0.05) is 6.54 Å². The van der Waals surface area contributed by atoms with E-state index in [1.807, 2.05) is 38.2 Å². The maximum absolute atomic E-state index is 11.6. The molecule has 1 atom stereocenters. The predicted octanol–water partition coefficient (Wildman–Crippen LogP) is 2.13. The third-order valence-corrected chi connectivity index (χ3v) is 2.48. The van der Waals surface area contributed by atoms with Crippen LogP contribution >= 0.6 is 0 Å². The summed E-state index contributed by atoms with van der Waals surface area (Å²) in [5, 5.41) is 3.07. The Labute approximate surface area is 108 Å². The number of ether oxygens (including phenoxy) is 2. The number of carbonyl (C=O) groups is 1. The molecule has 0 aliphatic rings. The zero-order chi connectivity index (χ0) is 13.4. The molecule has 0 bridgehead atoms. The molecule has 0 aliphatic heterocycles. The minimum absolute atomic E-state index is 0.306. The first kappa shape index (κ1) is 14.5. The van der Waals surface area contributed by atoms with Crippen molar-refractivity contribution < 1.29 is 14.3 Å². The van der Waals surface area contributed by atoms with Crippen LogP contribution in [0.15, 0.2) is 24.3 Å². The Kier molecular flexibility index (Phi) is 6.22. The topological polar surface area (TPSA) is 47.6 Å². The van der Waals surface area contributed by atoms with Crippen LogP contribution in [0.3, 0.4) is 0 Å². The Morgan fingerprint density at radius 2 is 2.17 bits per heavy atom. The highest BCUT2D eigenvalue weighted by atomic mass is 16.6. The monoisotopic (exact) mass is 251 g/mol. The highest BCUT2D eigenvalue weighted by molar-refractivity contribution is 5.75. The fourth-order valence-corrected chi connectivity index (χ4v) is 1.63. The van der Waals surface area contributed by atoms with Gasteiger partial charge in [-0.05, 0) is 38.1 Å². The highest BCUT2D eigenvalue weighted by Gasteiger charge is 2.19. The van der Waals surface area contributed by atoms with Gasteiger partial charge in [-0.1, -0.05) is 19.1 Å². The van der Waals surface area contributed by atoms with Gasteiger partial charge in [-0.15, -0.1) is 0 Å². The number of hydrogen-bond donors (Lipinski definition) is 1. The Balaban J connectivity index is 2.69. The summed E-state index contributed by atoms with van der Waals surface area (Å²) in [6.45, 7) is 4.84. The summed E-state index contributed by atoms with van der Waals surface area (Å²) < 4.78 is 10.6. The van der Waals surface area contributed by atoms with E-state index in [1.165, 1.54) is 0 Å². The molecule has 0 saturated heterocycles. The maximum Gasteiger partial charge on any atom is 0.347 e. The quantitative estimate of drug-likeness (QED) is 0.754. The van der Waals surface area contributed by atoms with Crippen LogP contribution in [0, 0.1) is 0 Å². The standard InChI is InChI=1S/C14H21NO3/c1-4-13(14(16)17-5-2)18-12-8-6-7-11(9-12)10-15-3/h6-9,13,15H,4-5,10H2,1-3H3. The number of carbonyl (C=O) groups excluding carboxylic acids is 1. The summed E-state index contributed by atoms with van der Waals surface area (Å²) in [5.41, 5.74) is 1.12. The lowest BCUT2D eigenvalue weighted by atomic mass is 10.2. The Hall–Kier alpha value is -1.55. The fraction of sp³-hybridized carbons (Fsp3) is 0.500. The second kappa shape index (κ2) is 7.71. The first-order chi connectivity index (χ1) is 8.71. The molecule has 0 saturated carbocycles. The van der Waals surface area contributed by atoms with Gasteiger partial charge in [-0.25, -0.2) is 4.79 Å². The number of nitrogens with one attached hydrogen (secondary N) is 1. The first-order valence-corrected chi connectivity index (χ1v) is 6.28. The average molecular weight is 251 g/mol. The molecule has 0 heterocycles. The second-order valence-corrected chi connectivity index (χ2v) is 3.94.